The first-order valence-corrected chi connectivity index (χ1v) is 9.12. The summed E-state index contributed by atoms with van der Waals surface area (Å²) in [6.45, 7) is 0.631. The number of likely N-dealkylation sites (tertiary alicyclic amines) is 1. The first-order chi connectivity index (χ1) is 11.5. The lowest BCUT2D eigenvalue weighted by Gasteiger charge is -2.58. The lowest BCUT2D eigenvalue weighted by molar-refractivity contribution is -0.132. The van der Waals surface area contributed by atoms with Gasteiger partial charge in [-0.15, -0.1) is 0 Å². The number of hydrogen-bond acceptors (Lipinski definition) is 4. The Morgan fingerprint density at radius 2 is 2.29 bits per heavy atom. The quantitative estimate of drug-likeness (QED) is 0.784. The summed E-state index contributed by atoms with van der Waals surface area (Å²) in [6, 6.07) is 1.87. The van der Waals surface area contributed by atoms with E-state index in [0.29, 0.717) is 38.0 Å². The molecule has 24 heavy (non-hydrogen) atoms. The van der Waals surface area contributed by atoms with Crippen molar-refractivity contribution in [3.8, 4) is 11.5 Å². The molecule has 128 valence electrons. The Labute approximate surface area is 149 Å². The topological polar surface area (TPSA) is 66.8 Å². The van der Waals surface area contributed by atoms with Crippen LogP contribution in [-0.4, -0.2) is 41.9 Å². The number of Topliss-reactive ketones (excluding diaryl/α,β-unsaturated/α-hetero) is 1. The number of hydrogen-bond donors (Lipinski definition) is 1. The van der Waals surface area contributed by atoms with Crippen LogP contribution in [0.5, 0.6) is 11.5 Å². The molecule has 3 atom stereocenters. The molecule has 4 rings (SSSR count). The minimum Gasteiger partial charge on any atom is -0.504 e. The van der Waals surface area contributed by atoms with Crippen molar-refractivity contribution in [2.75, 3.05) is 13.7 Å². The molecule has 1 aliphatic heterocycles. The number of carbonyl (C=O) groups excluding carboxylic acids is 2. The Balaban J connectivity index is 1.98. The molecule has 1 aromatic rings. The van der Waals surface area contributed by atoms with Gasteiger partial charge in [-0.25, -0.2) is 0 Å². The van der Waals surface area contributed by atoms with Gasteiger partial charge in [0.05, 0.1) is 7.11 Å². The van der Waals surface area contributed by atoms with Gasteiger partial charge in [0.2, 0.25) is 6.41 Å². The van der Waals surface area contributed by atoms with Gasteiger partial charge in [-0.2, -0.15) is 0 Å². The van der Waals surface area contributed by atoms with E-state index >= 15 is 0 Å². The summed E-state index contributed by atoms with van der Waals surface area (Å²) in [5, 5.41) is 10.9. The number of phenolic OH excluding ortho intramolecular Hbond substituents is 1. The lowest BCUT2D eigenvalue weighted by Crippen LogP contribution is -2.61. The van der Waals surface area contributed by atoms with Crippen LogP contribution in [0.1, 0.15) is 36.8 Å². The molecule has 3 unspecified atom stereocenters. The number of ether oxygens (including phenoxy) is 1. The molecular weight excluding hydrogens is 374 g/mol. The number of methoxy groups -OCH3 is 1. The number of halogens is 1. The van der Waals surface area contributed by atoms with Gasteiger partial charge in [0.15, 0.2) is 11.5 Å². The largest absolute Gasteiger partial charge is 0.504 e. The number of benzene rings is 1. The molecule has 0 spiro atoms. The molecule has 1 heterocycles. The van der Waals surface area contributed by atoms with E-state index in [1.54, 1.807) is 6.07 Å². The third kappa shape index (κ3) is 1.98. The van der Waals surface area contributed by atoms with E-state index in [9.17, 15) is 14.7 Å². The molecule has 6 heteroatoms. The average Bonchev–Trinajstić information content (AvgIpc) is 2.57. The smallest absolute Gasteiger partial charge is 0.209 e. The summed E-state index contributed by atoms with van der Waals surface area (Å²) in [4.78, 5) is 25.7. The molecule has 2 aliphatic carbocycles. The number of carbonyl (C=O) groups is 2. The molecule has 1 aromatic carbocycles. The van der Waals surface area contributed by atoms with E-state index in [2.05, 4.69) is 15.9 Å². The monoisotopic (exact) mass is 393 g/mol. The summed E-state index contributed by atoms with van der Waals surface area (Å²) < 4.78 is 6.22. The van der Waals surface area contributed by atoms with Crippen molar-refractivity contribution in [1.29, 1.82) is 0 Å². The van der Waals surface area contributed by atoms with Crippen molar-refractivity contribution in [3.63, 3.8) is 0 Å². The summed E-state index contributed by atoms with van der Waals surface area (Å²) in [5.74, 6) is 1.05. The van der Waals surface area contributed by atoms with Crippen LogP contribution in [0, 0.1) is 5.92 Å². The van der Waals surface area contributed by atoms with E-state index in [4.69, 9.17) is 4.74 Å². The van der Waals surface area contributed by atoms with E-state index in [-0.39, 0.29) is 28.9 Å². The number of ketones is 1. The maximum absolute atomic E-state index is 12.3. The predicted molar refractivity (Wildman–Crippen MR) is 91.3 cm³/mol. The van der Waals surface area contributed by atoms with Crippen LogP contribution in [-0.2, 0) is 21.4 Å². The summed E-state index contributed by atoms with van der Waals surface area (Å²) in [5.41, 5.74) is 1.50. The zero-order valence-electron chi connectivity index (χ0n) is 13.5. The first kappa shape index (κ1) is 15.9. The molecule has 1 saturated carbocycles. The molecule has 5 nitrogen and oxygen atoms in total. The Hall–Kier alpha value is -1.56. The second-order valence-corrected chi connectivity index (χ2v) is 8.00. The van der Waals surface area contributed by atoms with Crippen LogP contribution in [0.25, 0.3) is 0 Å². The van der Waals surface area contributed by atoms with E-state index in [1.807, 2.05) is 4.90 Å². The molecule has 1 saturated heterocycles. The number of piperidine rings is 1. The van der Waals surface area contributed by atoms with E-state index in [1.165, 1.54) is 7.11 Å². The predicted octanol–water partition coefficient (Wildman–Crippen LogP) is 2.56. The molecule has 3 aliphatic rings. The van der Waals surface area contributed by atoms with Crippen LogP contribution < -0.4 is 4.74 Å². The van der Waals surface area contributed by atoms with Crippen molar-refractivity contribution in [1.82, 2.24) is 4.90 Å². The van der Waals surface area contributed by atoms with Crippen molar-refractivity contribution in [2.45, 2.75) is 43.6 Å². The molecule has 0 aromatic heterocycles. The van der Waals surface area contributed by atoms with Crippen molar-refractivity contribution < 1.29 is 19.4 Å². The highest BCUT2D eigenvalue weighted by atomic mass is 79.9. The lowest BCUT2D eigenvalue weighted by atomic mass is 9.52. The third-order valence-corrected chi connectivity index (χ3v) is 6.96. The third-order valence-electron chi connectivity index (χ3n) is 6.25. The minimum absolute atomic E-state index is 0.0981. The van der Waals surface area contributed by atoms with Crippen LogP contribution in [0.4, 0.5) is 0 Å². The highest BCUT2D eigenvalue weighted by Gasteiger charge is 2.57. The zero-order chi connectivity index (χ0) is 17.1. The van der Waals surface area contributed by atoms with Gasteiger partial charge < -0.3 is 14.7 Å². The number of phenols is 1. The fourth-order valence-electron chi connectivity index (χ4n) is 5.27. The second kappa shape index (κ2) is 5.48. The zero-order valence-corrected chi connectivity index (χ0v) is 15.1. The maximum atomic E-state index is 12.3. The Kier molecular flexibility index (Phi) is 3.64. The summed E-state index contributed by atoms with van der Waals surface area (Å²) in [7, 11) is 1.54. The number of amides is 1. The first-order valence-electron chi connectivity index (χ1n) is 8.33. The highest BCUT2D eigenvalue weighted by Crippen LogP contribution is 2.59. The van der Waals surface area contributed by atoms with Gasteiger partial charge in [0.25, 0.3) is 0 Å². The fraction of sp³-hybridized carbons (Fsp3) is 0.556. The average molecular weight is 394 g/mol. The van der Waals surface area contributed by atoms with Gasteiger partial charge in [0.1, 0.15) is 5.78 Å². The van der Waals surface area contributed by atoms with Gasteiger partial charge in [-0.3, -0.25) is 9.59 Å². The number of nitrogens with zero attached hydrogens (tertiary/aromatic N) is 1. The second-order valence-electron chi connectivity index (χ2n) is 7.14. The van der Waals surface area contributed by atoms with Crippen LogP contribution in [0.2, 0.25) is 0 Å². The molecule has 2 bridgehead atoms. The van der Waals surface area contributed by atoms with E-state index in [0.717, 1.165) is 28.4 Å². The number of rotatable bonds is 2. The van der Waals surface area contributed by atoms with Crippen LogP contribution in [0.15, 0.2) is 10.5 Å². The van der Waals surface area contributed by atoms with Gasteiger partial charge in [0, 0.05) is 40.9 Å². The SMILES string of the molecule is COc1cc(Br)c2c(c1O)C13CCN(C=O)C(C2)C1CCC(=O)C3. The molecule has 0 radical (unpaired) electrons. The van der Waals surface area contributed by atoms with Crippen molar-refractivity contribution in [3.05, 3.63) is 21.7 Å². The minimum atomic E-state index is -0.381. The Bertz CT molecular complexity index is 734. The molecule has 2 fully saturated rings. The van der Waals surface area contributed by atoms with Gasteiger partial charge >= 0.3 is 0 Å². The van der Waals surface area contributed by atoms with Gasteiger partial charge in [-0.05, 0) is 36.8 Å². The summed E-state index contributed by atoms with van der Waals surface area (Å²) in [6.07, 6.45) is 4.14. The fourth-order valence-corrected chi connectivity index (χ4v) is 5.84. The van der Waals surface area contributed by atoms with Crippen molar-refractivity contribution >= 4 is 28.1 Å². The van der Waals surface area contributed by atoms with Crippen molar-refractivity contribution in [2.24, 2.45) is 5.92 Å². The normalized spacial score (nSPS) is 31.2. The van der Waals surface area contributed by atoms with Gasteiger partial charge in [-0.1, -0.05) is 15.9 Å². The standard InChI is InChI=1S/C18H20BrNO4/c1-24-15-7-13(19)11-6-14-12-3-2-10(22)8-18(12,16(11)17(15)23)4-5-20(14)9-21/h7,9,12,14,23H,2-6,8H2,1H3. The van der Waals surface area contributed by atoms with Crippen LogP contribution >= 0.6 is 15.9 Å². The maximum Gasteiger partial charge on any atom is 0.209 e. The van der Waals surface area contributed by atoms with Crippen LogP contribution in [0.3, 0.4) is 0 Å². The highest BCUT2D eigenvalue weighted by molar-refractivity contribution is 9.10. The molecule has 1 N–H and O–H groups in total. The Morgan fingerprint density at radius 3 is 3.00 bits per heavy atom. The Morgan fingerprint density at radius 1 is 1.50 bits per heavy atom. The van der Waals surface area contributed by atoms with E-state index < -0.39 is 0 Å². The summed E-state index contributed by atoms with van der Waals surface area (Å²) >= 11 is 3.60. The number of fused-ring (bicyclic) bond motifs is 1. The molecule has 1 amide bonds. The number of aromatic hydroxyl groups is 1. The molecular formula is C18H20BrNO4.